The van der Waals surface area contributed by atoms with Gasteiger partial charge in [0.05, 0.1) is 11.9 Å². The Bertz CT molecular complexity index is 1040. The SMILES string of the molecule is Cc1ccccc1-n1ncc2c1NC(=O)CC2c1ccc(OCC(N)=O)cc1. The second kappa shape index (κ2) is 7.19. The van der Waals surface area contributed by atoms with E-state index in [1.54, 1.807) is 16.8 Å². The number of para-hydroxylation sites is 1. The number of amides is 2. The van der Waals surface area contributed by atoms with Crippen molar-refractivity contribution < 1.29 is 14.3 Å². The Labute approximate surface area is 162 Å². The van der Waals surface area contributed by atoms with Crippen molar-refractivity contribution in [1.82, 2.24) is 9.78 Å². The molecule has 0 spiro atoms. The third kappa shape index (κ3) is 3.34. The lowest BCUT2D eigenvalue weighted by molar-refractivity contribution is -0.120. The van der Waals surface area contributed by atoms with Gasteiger partial charge < -0.3 is 15.8 Å². The third-order valence-corrected chi connectivity index (χ3v) is 4.83. The monoisotopic (exact) mass is 376 g/mol. The lowest BCUT2D eigenvalue weighted by atomic mass is 9.87. The summed E-state index contributed by atoms with van der Waals surface area (Å²) in [5.74, 6) is 0.568. The smallest absolute Gasteiger partial charge is 0.255 e. The normalized spacial score (nSPS) is 15.6. The Morgan fingerprint density at radius 1 is 1.25 bits per heavy atom. The highest BCUT2D eigenvalue weighted by molar-refractivity contribution is 5.94. The molecular formula is C21H20N4O3. The van der Waals surface area contributed by atoms with Gasteiger partial charge in [-0.25, -0.2) is 4.68 Å². The predicted octanol–water partition coefficient (Wildman–Crippen LogP) is 2.52. The van der Waals surface area contributed by atoms with Crippen LogP contribution in [0.5, 0.6) is 5.75 Å². The molecule has 3 N–H and O–H groups in total. The maximum Gasteiger partial charge on any atom is 0.255 e. The third-order valence-electron chi connectivity index (χ3n) is 4.83. The molecule has 4 rings (SSSR count). The molecule has 3 aromatic rings. The molecule has 2 amide bonds. The number of anilines is 1. The van der Waals surface area contributed by atoms with E-state index >= 15 is 0 Å². The molecule has 7 heteroatoms. The van der Waals surface area contributed by atoms with Crippen molar-refractivity contribution in [3.05, 3.63) is 71.4 Å². The molecule has 28 heavy (non-hydrogen) atoms. The number of hydrogen-bond donors (Lipinski definition) is 2. The topological polar surface area (TPSA) is 99.2 Å². The molecule has 0 aliphatic carbocycles. The minimum absolute atomic E-state index is 0.0538. The number of primary amides is 1. The first-order valence-electron chi connectivity index (χ1n) is 8.98. The number of carbonyl (C=O) groups is 2. The number of nitrogens with one attached hydrogen (secondary N) is 1. The molecule has 1 aromatic heterocycles. The van der Waals surface area contributed by atoms with Crippen molar-refractivity contribution in [1.29, 1.82) is 0 Å². The maximum absolute atomic E-state index is 12.4. The van der Waals surface area contributed by atoms with E-state index in [0.29, 0.717) is 18.0 Å². The van der Waals surface area contributed by atoms with Gasteiger partial charge in [0, 0.05) is 17.9 Å². The zero-order valence-electron chi connectivity index (χ0n) is 15.4. The second-order valence-corrected chi connectivity index (χ2v) is 6.78. The summed E-state index contributed by atoms with van der Waals surface area (Å²) >= 11 is 0. The van der Waals surface area contributed by atoms with E-state index in [1.165, 1.54) is 0 Å². The van der Waals surface area contributed by atoms with Gasteiger partial charge in [-0.15, -0.1) is 0 Å². The molecule has 1 aliphatic heterocycles. The number of ether oxygens (including phenoxy) is 1. The minimum Gasteiger partial charge on any atom is -0.484 e. The summed E-state index contributed by atoms with van der Waals surface area (Å²) in [7, 11) is 0. The van der Waals surface area contributed by atoms with Crippen molar-refractivity contribution in [2.75, 3.05) is 11.9 Å². The Kier molecular flexibility index (Phi) is 4.57. The second-order valence-electron chi connectivity index (χ2n) is 6.78. The standard InChI is InChI=1S/C21H20N4O3/c1-13-4-2-3-5-18(13)25-21-17(11-23-25)16(10-20(27)24-21)14-6-8-15(9-7-14)28-12-19(22)26/h2-9,11,16H,10,12H2,1H3,(H2,22,26)(H,24,27). The number of benzene rings is 2. The number of fused-ring (bicyclic) bond motifs is 1. The van der Waals surface area contributed by atoms with Crippen molar-refractivity contribution in [2.45, 2.75) is 19.3 Å². The number of hydrogen-bond acceptors (Lipinski definition) is 4. The summed E-state index contributed by atoms with van der Waals surface area (Å²) in [4.78, 5) is 23.2. The maximum atomic E-state index is 12.4. The van der Waals surface area contributed by atoms with Crippen LogP contribution in [0.25, 0.3) is 5.69 Å². The van der Waals surface area contributed by atoms with E-state index in [1.807, 2.05) is 49.5 Å². The van der Waals surface area contributed by atoms with Crippen LogP contribution in [0.15, 0.2) is 54.7 Å². The molecule has 1 atom stereocenters. The van der Waals surface area contributed by atoms with Gasteiger partial charge in [-0.1, -0.05) is 30.3 Å². The molecular weight excluding hydrogens is 356 g/mol. The first-order chi connectivity index (χ1) is 13.5. The van der Waals surface area contributed by atoms with Crippen LogP contribution in [-0.2, 0) is 9.59 Å². The lowest BCUT2D eigenvalue weighted by Gasteiger charge is -2.24. The van der Waals surface area contributed by atoms with Crippen LogP contribution in [0.3, 0.4) is 0 Å². The van der Waals surface area contributed by atoms with Crippen LogP contribution in [0.4, 0.5) is 5.82 Å². The molecule has 7 nitrogen and oxygen atoms in total. The van der Waals surface area contributed by atoms with Gasteiger partial charge in [-0.2, -0.15) is 5.10 Å². The van der Waals surface area contributed by atoms with Gasteiger partial charge in [-0.05, 0) is 36.2 Å². The molecule has 0 bridgehead atoms. The van der Waals surface area contributed by atoms with E-state index in [0.717, 1.165) is 22.4 Å². The summed E-state index contributed by atoms with van der Waals surface area (Å²) in [6.45, 7) is 1.84. The van der Waals surface area contributed by atoms with E-state index in [9.17, 15) is 9.59 Å². The largest absolute Gasteiger partial charge is 0.484 e. The molecule has 2 aromatic carbocycles. The number of rotatable bonds is 5. The molecule has 1 aliphatic rings. The van der Waals surface area contributed by atoms with E-state index in [4.69, 9.17) is 10.5 Å². The van der Waals surface area contributed by atoms with Crippen LogP contribution < -0.4 is 15.8 Å². The lowest BCUT2D eigenvalue weighted by Crippen LogP contribution is -2.24. The summed E-state index contributed by atoms with van der Waals surface area (Å²) < 4.78 is 7.08. The van der Waals surface area contributed by atoms with Crippen molar-refractivity contribution >= 4 is 17.6 Å². The number of nitrogens with zero attached hydrogens (tertiary/aromatic N) is 2. The summed E-state index contributed by atoms with van der Waals surface area (Å²) in [6.07, 6.45) is 2.15. The molecule has 0 saturated heterocycles. The highest BCUT2D eigenvalue weighted by atomic mass is 16.5. The molecule has 0 fully saturated rings. The van der Waals surface area contributed by atoms with E-state index in [2.05, 4.69) is 10.4 Å². The van der Waals surface area contributed by atoms with Crippen molar-refractivity contribution in [2.24, 2.45) is 5.73 Å². The van der Waals surface area contributed by atoms with Crippen LogP contribution in [-0.4, -0.2) is 28.2 Å². The number of carbonyl (C=O) groups excluding carboxylic acids is 2. The first kappa shape index (κ1) is 17.8. The van der Waals surface area contributed by atoms with Gasteiger partial charge in [-0.3, -0.25) is 9.59 Å². The fraction of sp³-hybridized carbons (Fsp3) is 0.190. The Morgan fingerprint density at radius 3 is 2.71 bits per heavy atom. The molecule has 0 radical (unpaired) electrons. The zero-order valence-corrected chi connectivity index (χ0v) is 15.4. The molecule has 142 valence electrons. The summed E-state index contributed by atoms with van der Waals surface area (Å²) in [5.41, 5.74) is 9.04. The van der Waals surface area contributed by atoms with Crippen molar-refractivity contribution in [3.8, 4) is 11.4 Å². The predicted molar refractivity (Wildman–Crippen MR) is 105 cm³/mol. The number of aryl methyl sites for hydroxylation is 1. The van der Waals surface area contributed by atoms with Gasteiger partial charge in [0.15, 0.2) is 6.61 Å². The Hall–Kier alpha value is -3.61. The Morgan fingerprint density at radius 2 is 2.00 bits per heavy atom. The molecule has 0 saturated carbocycles. The average Bonchev–Trinajstić information content (AvgIpc) is 3.10. The quantitative estimate of drug-likeness (QED) is 0.715. The van der Waals surface area contributed by atoms with Crippen LogP contribution in [0, 0.1) is 6.92 Å². The number of aromatic nitrogens is 2. The van der Waals surface area contributed by atoms with Gasteiger partial charge in [0.2, 0.25) is 5.91 Å². The molecule has 1 unspecified atom stereocenters. The van der Waals surface area contributed by atoms with Crippen molar-refractivity contribution in [3.63, 3.8) is 0 Å². The van der Waals surface area contributed by atoms with Gasteiger partial charge in [0.1, 0.15) is 11.6 Å². The minimum atomic E-state index is -0.527. The first-order valence-corrected chi connectivity index (χ1v) is 8.98. The average molecular weight is 376 g/mol. The van der Waals surface area contributed by atoms with Gasteiger partial charge >= 0.3 is 0 Å². The van der Waals surface area contributed by atoms with Crippen LogP contribution in [0.2, 0.25) is 0 Å². The Balaban J connectivity index is 1.67. The van der Waals surface area contributed by atoms with E-state index in [-0.39, 0.29) is 18.4 Å². The highest BCUT2D eigenvalue weighted by Crippen LogP contribution is 2.38. The fourth-order valence-corrected chi connectivity index (χ4v) is 3.45. The molecule has 2 heterocycles. The number of nitrogens with two attached hydrogens (primary N) is 1. The zero-order chi connectivity index (χ0) is 19.7. The summed E-state index contributed by atoms with van der Waals surface area (Å²) in [6, 6.07) is 15.2. The van der Waals surface area contributed by atoms with Crippen LogP contribution >= 0.6 is 0 Å². The fourth-order valence-electron chi connectivity index (χ4n) is 3.45. The summed E-state index contributed by atoms with van der Waals surface area (Å²) in [5, 5.41) is 7.49. The van der Waals surface area contributed by atoms with Crippen LogP contribution in [0.1, 0.15) is 29.0 Å². The van der Waals surface area contributed by atoms with E-state index < -0.39 is 5.91 Å². The van der Waals surface area contributed by atoms with Gasteiger partial charge in [0.25, 0.3) is 5.91 Å². The highest BCUT2D eigenvalue weighted by Gasteiger charge is 2.30.